The first-order chi connectivity index (χ1) is 7.99. The number of carboxylic acid groups (broad SMARTS) is 1. The lowest BCUT2D eigenvalue weighted by atomic mass is 10.0. The first-order valence-electron chi connectivity index (χ1n) is 6.16. The molecular weight excluding hydrogens is 222 g/mol. The van der Waals surface area contributed by atoms with Crippen molar-refractivity contribution < 1.29 is 19.4 Å². The molecule has 0 saturated carbocycles. The van der Waals surface area contributed by atoms with Gasteiger partial charge in [-0.15, -0.1) is 0 Å². The van der Waals surface area contributed by atoms with E-state index in [1.165, 1.54) is 0 Å². The minimum Gasteiger partial charge on any atom is -0.479 e. The molecule has 1 saturated heterocycles. The Kier molecular flexibility index (Phi) is 4.93. The molecule has 0 bridgehead atoms. The SMILES string of the molecule is CCC(CC)C(=O)N1CC(C(=O)O)O[C@H](C)C1. The van der Waals surface area contributed by atoms with E-state index in [0.717, 1.165) is 12.8 Å². The summed E-state index contributed by atoms with van der Waals surface area (Å²) in [4.78, 5) is 24.7. The molecule has 5 heteroatoms. The van der Waals surface area contributed by atoms with Crippen LogP contribution in [0.4, 0.5) is 0 Å². The third-order valence-electron chi connectivity index (χ3n) is 3.18. The molecule has 0 aromatic heterocycles. The van der Waals surface area contributed by atoms with Crippen LogP contribution in [0.3, 0.4) is 0 Å². The molecule has 0 aromatic carbocycles. The summed E-state index contributed by atoms with van der Waals surface area (Å²) in [5.74, 6) is -0.954. The van der Waals surface area contributed by atoms with Gasteiger partial charge in [0.1, 0.15) is 0 Å². The van der Waals surface area contributed by atoms with Crippen molar-refractivity contribution in [3.05, 3.63) is 0 Å². The number of hydrogen-bond donors (Lipinski definition) is 1. The van der Waals surface area contributed by atoms with Crippen LogP contribution in [0.1, 0.15) is 33.6 Å². The largest absolute Gasteiger partial charge is 0.479 e. The average Bonchev–Trinajstić information content (AvgIpc) is 2.29. The molecule has 0 radical (unpaired) electrons. The highest BCUT2D eigenvalue weighted by Crippen LogP contribution is 2.17. The topological polar surface area (TPSA) is 66.8 Å². The van der Waals surface area contributed by atoms with Crippen LogP contribution < -0.4 is 0 Å². The smallest absolute Gasteiger partial charge is 0.334 e. The number of carbonyl (C=O) groups is 2. The van der Waals surface area contributed by atoms with E-state index in [-0.39, 0.29) is 24.5 Å². The number of amides is 1. The van der Waals surface area contributed by atoms with Crippen LogP contribution in [0.25, 0.3) is 0 Å². The van der Waals surface area contributed by atoms with E-state index in [1.54, 1.807) is 11.8 Å². The maximum absolute atomic E-state index is 12.2. The normalized spacial score (nSPS) is 25.1. The summed E-state index contributed by atoms with van der Waals surface area (Å²) in [5.41, 5.74) is 0. The second-order valence-electron chi connectivity index (χ2n) is 4.53. The summed E-state index contributed by atoms with van der Waals surface area (Å²) in [6.07, 6.45) is 0.470. The molecule has 1 heterocycles. The lowest BCUT2D eigenvalue weighted by molar-refractivity contribution is -0.167. The van der Waals surface area contributed by atoms with Gasteiger partial charge in [-0.1, -0.05) is 13.8 Å². The number of morpholine rings is 1. The van der Waals surface area contributed by atoms with Crippen molar-refractivity contribution in [2.24, 2.45) is 5.92 Å². The molecule has 5 nitrogen and oxygen atoms in total. The van der Waals surface area contributed by atoms with Gasteiger partial charge in [0.15, 0.2) is 6.10 Å². The molecule has 2 atom stereocenters. The van der Waals surface area contributed by atoms with Crippen molar-refractivity contribution >= 4 is 11.9 Å². The van der Waals surface area contributed by atoms with Crippen LogP contribution in [0, 0.1) is 5.92 Å². The summed E-state index contributed by atoms with van der Waals surface area (Å²) < 4.78 is 5.28. The number of carboxylic acids is 1. The molecule has 0 spiro atoms. The van der Waals surface area contributed by atoms with Crippen molar-refractivity contribution in [1.29, 1.82) is 0 Å². The van der Waals surface area contributed by atoms with Crippen LogP contribution in [-0.4, -0.2) is 47.2 Å². The molecule has 1 N–H and O–H groups in total. The lowest BCUT2D eigenvalue weighted by Gasteiger charge is -2.36. The van der Waals surface area contributed by atoms with Crippen LogP contribution in [0.2, 0.25) is 0 Å². The van der Waals surface area contributed by atoms with Gasteiger partial charge in [-0.05, 0) is 19.8 Å². The molecule has 0 aliphatic carbocycles. The van der Waals surface area contributed by atoms with Crippen LogP contribution >= 0.6 is 0 Å². The zero-order chi connectivity index (χ0) is 13.0. The monoisotopic (exact) mass is 243 g/mol. The highest BCUT2D eigenvalue weighted by Gasteiger charge is 2.34. The van der Waals surface area contributed by atoms with Gasteiger partial charge in [0, 0.05) is 12.5 Å². The van der Waals surface area contributed by atoms with E-state index in [0.29, 0.717) is 6.54 Å². The van der Waals surface area contributed by atoms with Crippen molar-refractivity contribution in [2.45, 2.75) is 45.8 Å². The number of hydrogen-bond acceptors (Lipinski definition) is 3. The zero-order valence-electron chi connectivity index (χ0n) is 10.7. The van der Waals surface area contributed by atoms with Gasteiger partial charge < -0.3 is 14.7 Å². The Hall–Kier alpha value is -1.10. The minimum atomic E-state index is -1.00. The Morgan fingerprint density at radius 1 is 1.35 bits per heavy atom. The zero-order valence-corrected chi connectivity index (χ0v) is 10.7. The summed E-state index contributed by atoms with van der Waals surface area (Å²) in [7, 11) is 0. The van der Waals surface area contributed by atoms with Crippen LogP contribution in [0.15, 0.2) is 0 Å². The highest BCUT2D eigenvalue weighted by molar-refractivity contribution is 5.80. The van der Waals surface area contributed by atoms with Gasteiger partial charge in [-0.2, -0.15) is 0 Å². The molecular formula is C12H21NO4. The van der Waals surface area contributed by atoms with Gasteiger partial charge in [-0.25, -0.2) is 4.79 Å². The van der Waals surface area contributed by atoms with Gasteiger partial charge in [0.05, 0.1) is 12.6 Å². The molecule has 17 heavy (non-hydrogen) atoms. The third kappa shape index (κ3) is 3.43. The summed E-state index contributed by atoms with van der Waals surface area (Å²) in [6.45, 7) is 6.39. The Morgan fingerprint density at radius 2 is 1.94 bits per heavy atom. The van der Waals surface area contributed by atoms with E-state index in [1.807, 2.05) is 13.8 Å². The highest BCUT2D eigenvalue weighted by atomic mass is 16.5. The first kappa shape index (κ1) is 14.0. The number of nitrogens with zero attached hydrogens (tertiary/aromatic N) is 1. The molecule has 1 aliphatic heterocycles. The average molecular weight is 243 g/mol. The predicted octanol–water partition coefficient (Wildman–Crippen LogP) is 1.12. The van der Waals surface area contributed by atoms with Gasteiger partial charge in [0.2, 0.25) is 5.91 Å². The van der Waals surface area contributed by atoms with Crippen molar-refractivity contribution in [2.75, 3.05) is 13.1 Å². The minimum absolute atomic E-state index is 0.00487. The Morgan fingerprint density at radius 3 is 2.41 bits per heavy atom. The van der Waals surface area contributed by atoms with Crippen molar-refractivity contribution in [3.8, 4) is 0 Å². The molecule has 1 amide bonds. The second-order valence-corrected chi connectivity index (χ2v) is 4.53. The summed E-state index contributed by atoms with van der Waals surface area (Å²) >= 11 is 0. The second kappa shape index (κ2) is 6.00. The molecule has 1 rings (SSSR count). The van der Waals surface area contributed by atoms with Crippen molar-refractivity contribution in [1.82, 2.24) is 4.90 Å². The van der Waals surface area contributed by atoms with Gasteiger partial charge in [0.25, 0.3) is 0 Å². The molecule has 1 aliphatic rings. The molecule has 1 fully saturated rings. The summed E-state index contributed by atoms with van der Waals surface area (Å²) in [6, 6.07) is 0. The van der Waals surface area contributed by atoms with E-state index in [2.05, 4.69) is 0 Å². The molecule has 1 unspecified atom stereocenters. The quantitative estimate of drug-likeness (QED) is 0.803. The van der Waals surface area contributed by atoms with Crippen molar-refractivity contribution in [3.63, 3.8) is 0 Å². The fraction of sp³-hybridized carbons (Fsp3) is 0.833. The molecule has 0 aromatic rings. The third-order valence-corrected chi connectivity index (χ3v) is 3.18. The summed E-state index contributed by atoms with van der Waals surface area (Å²) in [5, 5.41) is 8.95. The fourth-order valence-corrected chi connectivity index (χ4v) is 2.16. The first-order valence-corrected chi connectivity index (χ1v) is 6.16. The maximum atomic E-state index is 12.2. The van der Waals surface area contributed by atoms with E-state index >= 15 is 0 Å². The van der Waals surface area contributed by atoms with Crippen LogP contribution in [-0.2, 0) is 14.3 Å². The number of ether oxygens (including phenoxy) is 1. The fourth-order valence-electron chi connectivity index (χ4n) is 2.16. The van der Waals surface area contributed by atoms with Gasteiger partial charge >= 0.3 is 5.97 Å². The Labute approximate surface area is 102 Å². The van der Waals surface area contributed by atoms with Gasteiger partial charge in [-0.3, -0.25) is 4.79 Å². The predicted molar refractivity (Wildman–Crippen MR) is 62.6 cm³/mol. The Balaban J connectivity index is 2.69. The molecule has 98 valence electrons. The number of rotatable bonds is 4. The number of aliphatic carboxylic acids is 1. The number of carbonyl (C=O) groups excluding carboxylic acids is 1. The Bertz CT molecular complexity index is 288. The standard InChI is InChI=1S/C12H21NO4/c1-4-9(5-2)11(14)13-6-8(3)17-10(7-13)12(15)16/h8-10H,4-7H2,1-3H3,(H,15,16)/t8-,10?/m1/s1. The van der Waals surface area contributed by atoms with E-state index in [4.69, 9.17) is 9.84 Å². The maximum Gasteiger partial charge on any atom is 0.334 e. The lowest BCUT2D eigenvalue weighted by Crippen LogP contribution is -2.53. The van der Waals surface area contributed by atoms with E-state index < -0.39 is 12.1 Å². The van der Waals surface area contributed by atoms with Crippen LogP contribution in [0.5, 0.6) is 0 Å². The van der Waals surface area contributed by atoms with E-state index in [9.17, 15) is 9.59 Å².